The molecule has 2 N–H and O–H groups in total. The summed E-state index contributed by atoms with van der Waals surface area (Å²) in [6, 6.07) is 0.373. The monoisotopic (exact) mass is 228 g/mol. The molecule has 0 spiro atoms. The Balaban J connectivity index is 2.64. The molecule has 1 rings (SSSR count). The lowest BCUT2D eigenvalue weighted by molar-refractivity contribution is 0.188. The van der Waals surface area contributed by atoms with Crippen molar-refractivity contribution in [1.82, 2.24) is 15.0 Å². The number of hydrogen-bond acceptors (Lipinski definition) is 7. The van der Waals surface area contributed by atoms with Gasteiger partial charge in [-0.25, -0.2) is 0 Å². The molecule has 0 bridgehead atoms. The molecule has 7 nitrogen and oxygen atoms in total. The van der Waals surface area contributed by atoms with E-state index in [0.29, 0.717) is 18.9 Å². The smallest absolute Gasteiger partial charge is 0.324 e. The van der Waals surface area contributed by atoms with Crippen LogP contribution in [-0.2, 0) is 0 Å². The highest BCUT2D eigenvalue weighted by atomic mass is 16.5. The van der Waals surface area contributed by atoms with E-state index in [9.17, 15) is 0 Å². The molecule has 0 saturated heterocycles. The zero-order valence-electron chi connectivity index (χ0n) is 9.60. The van der Waals surface area contributed by atoms with E-state index in [-0.39, 0.29) is 18.1 Å². The molecular weight excluding hydrogens is 212 g/mol. The molecular formula is C9H16N4O3. The van der Waals surface area contributed by atoms with E-state index < -0.39 is 0 Å². The molecule has 0 amide bonds. The highest BCUT2D eigenvalue weighted by molar-refractivity contribution is 5.27. The molecule has 1 heterocycles. The number of aliphatic hydroxyl groups excluding tert-OH is 1. The number of anilines is 1. The highest BCUT2D eigenvalue weighted by Gasteiger charge is 2.06. The molecule has 0 radical (unpaired) electrons. The lowest BCUT2D eigenvalue weighted by Gasteiger charge is -2.08. The molecule has 0 aliphatic rings. The summed E-state index contributed by atoms with van der Waals surface area (Å²) in [6.07, 6.45) is 0.245. The van der Waals surface area contributed by atoms with Crippen molar-refractivity contribution in [2.75, 3.05) is 26.1 Å². The first kappa shape index (κ1) is 12.4. The van der Waals surface area contributed by atoms with E-state index in [0.717, 1.165) is 0 Å². The van der Waals surface area contributed by atoms with Crippen LogP contribution in [0.3, 0.4) is 0 Å². The van der Waals surface area contributed by atoms with Gasteiger partial charge in [0.2, 0.25) is 5.95 Å². The van der Waals surface area contributed by atoms with Crippen LogP contribution in [0, 0.1) is 0 Å². The summed E-state index contributed by atoms with van der Waals surface area (Å²) in [6.45, 7) is 2.28. The predicted octanol–water partition coefficient (Wildman–Crippen LogP) is 0.0716. The van der Waals surface area contributed by atoms with E-state index in [4.69, 9.17) is 14.6 Å². The fourth-order valence-corrected chi connectivity index (χ4v) is 0.992. The zero-order valence-corrected chi connectivity index (χ0v) is 9.60. The SMILES string of the molecule is COc1nc(NCCC(C)O)nc(OC)n1. The average Bonchev–Trinajstić information content (AvgIpc) is 2.28. The van der Waals surface area contributed by atoms with Gasteiger partial charge in [-0.1, -0.05) is 0 Å². The summed E-state index contributed by atoms with van der Waals surface area (Å²) in [7, 11) is 2.93. The van der Waals surface area contributed by atoms with Gasteiger partial charge in [0.15, 0.2) is 0 Å². The van der Waals surface area contributed by atoms with Gasteiger partial charge in [-0.05, 0) is 13.3 Å². The van der Waals surface area contributed by atoms with Crippen molar-refractivity contribution in [1.29, 1.82) is 0 Å². The second-order valence-electron chi connectivity index (χ2n) is 3.20. The molecule has 1 aromatic rings. The van der Waals surface area contributed by atoms with Gasteiger partial charge >= 0.3 is 12.0 Å². The Kier molecular flexibility index (Phi) is 4.71. The normalized spacial score (nSPS) is 12.0. The van der Waals surface area contributed by atoms with Crippen LogP contribution in [0.5, 0.6) is 12.0 Å². The number of aromatic nitrogens is 3. The third-order valence-electron chi connectivity index (χ3n) is 1.80. The minimum Gasteiger partial charge on any atom is -0.467 e. The maximum atomic E-state index is 9.09. The summed E-state index contributed by atoms with van der Waals surface area (Å²) in [4.78, 5) is 11.8. The maximum absolute atomic E-state index is 9.09. The summed E-state index contributed by atoms with van der Waals surface area (Å²) in [5.41, 5.74) is 0. The van der Waals surface area contributed by atoms with Crippen LogP contribution in [0.1, 0.15) is 13.3 Å². The lowest BCUT2D eigenvalue weighted by atomic mass is 10.3. The molecule has 1 aromatic heterocycles. The molecule has 7 heteroatoms. The summed E-state index contributed by atoms with van der Waals surface area (Å²) >= 11 is 0. The fourth-order valence-electron chi connectivity index (χ4n) is 0.992. The number of rotatable bonds is 6. The van der Waals surface area contributed by atoms with Crippen LogP contribution < -0.4 is 14.8 Å². The Bertz CT molecular complexity index is 310. The van der Waals surface area contributed by atoms with Gasteiger partial charge in [0.25, 0.3) is 0 Å². The zero-order chi connectivity index (χ0) is 12.0. The minimum atomic E-state index is -0.363. The Morgan fingerprint density at radius 3 is 2.19 bits per heavy atom. The first-order valence-corrected chi connectivity index (χ1v) is 4.91. The summed E-state index contributed by atoms with van der Waals surface area (Å²) < 4.78 is 9.79. The number of ether oxygens (including phenoxy) is 2. The van der Waals surface area contributed by atoms with Gasteiger partial charge in [0.1, 0.15) is 0 Å². The molecule has 1 unspecified atom stereocenters. The largest absolute Gasteiger partial charge is 0.467 e. The molecule has 0 fully saturated rings. The van der Waals surface area contributed by atoms with Crippen molar-refractivity contribution in [2.24, 2.45) is 0 Å². The third-order valence-corrected chi connectivity index (χ3v) is 1.80. The Labute approximate surface area is 93.9 Å². The van der Waals surface area contributed by atoms with Gasteiger partial charge in [-0.2, -0.15) is 9.97 Å². The number of nitrogens with one attached hydrogen (secondary N) is 1. The standard InChI is InChI=1S/C9H16N4O3/c1-6(14)4-5-10-7-11-8(15-2)13-9(12-7)16-3/h6,14H,4-5H2,1-3H3,(H,10,11,12,13). The highest BCUT2D eigenvalue weighted by Crippen LogP contribution is 2.11. The Morgan fingerprint density at radius 1 is 1.19 bits per heavy atom. The van der Waals surface area contributed by atoms with Crippen molar-refractivity contribution in [3.05, 3.63) is 0 Å². The molecule has 0 aliphatic heterocycles. The van der Waals surface area contributed by atoms with Crippen LogP contribution in [0.4, 0.5) is 5.95 Å². The summed E-state index contributed by atoms with van der Waals surface area (Å²) in [5.74, 6) is 0.365. The van der Waals surface area contributed by atoms with Gasteiger partial charge in [-0.15, -0.1) is 4.98 Å². The van der Waals surface area contributed by atoms with Gasteiger partial charge in [0.05, 0.1) is 20.3 Å². The Hall–Kier alpha value is -1.63. The second-order valence-corrected chi connectivity index (χ2v) is 3.20. The molecule has 90 valence electrons. The van der Waals surface area contributed by atoms with E-state index in [2.05, 4.69) is 20.3 Å². The topological polar surface area (TPSA) is 89.4 Å². The second kappa shape index (κ2) is 6.06. The first-order chi connectivity index (χ1) is 7.65. The van der Waals surface area contributed by atoms with Crippen LogP contribution in [0.15, 0.2) is 0 Å². The van der Waals surface area contributed by atoms with Crippen molar-refractivity contribution in [2.45, 2.75) is 19.4 Å². The summed E-state index contributed by atoms with van der Waals surface area (Å²) in [5, 5.41) is 12.0. The maximum Gasteiger partial charge on any atom is 0.324 e. The Morgan fingerprint density at radius 2 is 1.75 bits per heavy atom. The van der Waals surface area contributed by atoms with Crippen LogP contribution >= 0.6 is 0 Å². The predicted molar refractivity (Wildman–Crippen MR) is 57.7 cm³/mol. The number of aliphatic hydroxyl groups is 1. The molecule has 0 aromatic carbocycles. The molecule has 16 heavy (non-hydrogen) atoms. The molecule has 0 saturated carbocycles. The fraction of sp³-hybridized carbons (Fsp3) is 0.667. The van der Waals surface area contributed by atoms with Crippen LogP contribution in [-0.4, -0.2) is 46.9 Å². The van der Waals surface area contributed by atoms with E-state index in [1.165, 1.54) is 14.2 Å². The van der Waals surface area contributed by atoms with E-state index in [1.54, 1.807) is 6.92 Å². The lowest BCUT2D eigenvalue weighted by Crippen LogP contribution is -2.12. The number of methoxy groups -OCH3 is 2. The molecule has 0 aliphatic carbocycles. The number of nitrogens with zero attached hydrogens (tertiary/aromatic N) is 3. The van der Waals surface area contributed by atoms with Gasteiger partial charge in [-0.3, -0.25) is 0 Å². The van der Waals surface area contributed by atoms with Crippen LogP contribution in [0.25, 0.3) is 0 Å². The van der Waals surface area contributed by atoms with Crippen molar-refractivity contribution in [3.8, 4) is 12.0 Å². The van der Waals surface area contributed by atoms with Crippen molar-refractivity contribution < 1.29 is 14.6 Å². The van der Waals surface area contributed by atoms with E-state index in [1.807, 2.05) is 0 Å². The minimum absolute atomic E-state index is 0.186. The van der Waals surface area contributed by atoms with Gasteiger partial charge < -0.3 is 19.9 Å². The quantitative estimate of drug-likeness (QED) is 0.712. The van der Waals surface area contributed by atoms with Crippen molar-refractivity contribution >= 4 is 5.95 Å². The van der Waals surface area contributed by atoms with Crippen molar-refractivity contribution in [3.63, 3.8) is 0 Å². The third kappa shape index (κ3) is 3.85. The first-order valence-electron chi connectivity index (χ1n) is 4.91. The van der Waals surface area contributed by atoms with Crippen LogP contribution in [0.2, 0.25) is 0 Å². The average molecular weight is 228 g/mol. The molecule has 1 atom stereocenters. The van der Waals surface area contributed by atoms with E-state index >= 15 is 0 Å². The van der Waals surface area contributed by atoms with Gasteiger partial charge in [0, 0.05) is 6.54 Å². The number of hydrogen-bond donors (Lipinski definition) is 2.